The van der Waals surface area contributed by atoms with Gasteiger partial charge in [0.05, 0.1) is 0 Å². The maximum Gasteiger partial charge on any atom is 0.326 e. The van der Waals surface area contributed by atoms with Gasteiger partial charge in [-0.2, -0.15) is 0 Å². The summed E-state index contributed by atoms with van der Waals surface area (Å²) < 4.78 is 4.64. The first-order valence-electron chi connectivity index (χ1n) is 6.39. The first-order valence-corrected chi connectivity index (χ1v) is 7.27. The highest BCUT2D eigenvalue weighted by atomic mass is 32.1. The lowest BCUT2D eigenvalue weighted by Gasteiger charge is -2.12. The fourth-order valence-corrected chi connectivity index (χ4v) is 2.20. The van der Waals surface area contributed by atoms with Gasteiger partial charge in [-0.1, -0.05) is 0 Å². The first-order chi connectivity index (χ1) is 10.8. The van der Waals surface area contributed by atoms with E-state index in [0.717, 1.165) is 11.3 Å². The molecule has 0 aliphatic rings. The number of hydrogen-bond acceptors (Lipinski definition) is 7. The molecule has 1 heterocycles. The third-order valence-electron chi connectivity index (χ3n) is 2.54. The fraction of sp³-hybridized carbons (Fsp3) is 0.417. The smallest absolute Gasteiger partial charge is 0.326 e. The lowest BCUT2D eigenvalue weighted by molar-refractivity contribution is -0.139. The second-order valence-electron chi connectivity index (χ2n) is 4.39. The second-order valence-corrected chi connectivity index (χ2v) is 5.25. The summed E-state index contributed by atoms with van der Waals surface area (Å²) in [6.45, 7) is -0.157. The molecule has 0 spiro atoms. The van der Waals surface area contributed by atoms with E-state index in [-0.39, 0.29) is 30.3 Å². The maximum atomic E-state index is 11.9. The molecule has 1 aromatic rings. The number of thiazole rings is 1. The van der Waals surface area contributed by atoms with Crippen LogP contribution in [0.3, 0.4) is 0 Å². The van der Waals surface area contributed by atoms with Gasteiger partial charge in [-0.15, -0.1) is 11.3 Å². The fourth-order valence-electron chi connectivity index (χ4n) is 1.50. The van der Waals surface area contributed by atoms with Crippen LogP contribution < -0.4 is 16.4 Å². The molecule has 11 heteroatoms. The van der Waals surface area contributed by atoms with Crippen molar-refractivity contribution in [1.29, 1.82) is 0 Å². The highest BCUT2D eigenvalue weighted by Crippen LogP contribution is 2.15. The van der Waals surface area contributed by atoms with E-state index in [1.54, 1.807) is 0 Å². The van der Waals surface area contributed by atoms with Crippen molar-refractivity contribution in [2.45, 2.75) is 18.9 Å². The van der Waals surface area contributed by atoms with Crippen molar-refractivity contribution in [3.8, 4) is 0 Å². The number of anilines is 1. The Balaban J connectivity index is 2.65. The van der Waals surface area contributed by atoms with Gasteiger partial charge in [0.2, 0.25) is 5.91 Å². The summed E-state index contributed by atoms with van der Waals surface area (Å²) in [7, 11) is 1.36. The molecule has 5 N–H and O–H groups in total. The van der Waals surface area contributed by atoms with Crippen LogP contribution in [-0.4, -0.2) is 53.5 Å². The highest BCUT2D eigenvalue weighted by Gasteiger charge is 2.22. The third-order valence-corrected chi connectivity index (χ3v) is 3.30. The van der Waals surface area contributed by atoms with Crippen molar-refractivity contribution in [2.24, 2.45) is 5.73 Å². The van der Waals surface area contributed by atoms with E-state index in [4.69, 9.17) is 10.8 Å². The maximum absolute atomic E-state index is 11.9. The van der Waals surface area contributed by atoms with Crippen LogP contribution in [-0.2, 0) is 19.1 Å². The van der Waals surface area contributed by atoms with Crippen LogP contribution in [0.4, 0.5) is 5.13 Å². The van der Waals surface area contributed by atoms with Gasteiger partial charge in [-0.05, 0) is 6.42 Å². The van der Waals surface area contributed by atoms with E-state index in [0.29, 0.717) is 0 Å². The molecule has 23 heavy (non-hydrogen) atoms. The molecule has 0 bridgehead atoms. The van der Waals surface area contributed by atoms with Crippen molar-refractivity contribution in [3.63, 3.8) is 0 Å². The van der Waals surface area contributed by atoms with Gasteiger partial charge in [0.1, 0.15) is 18.3 Å². The van der Waals surface area contributed by atoms with Gasteiger partial charge in [0.25, 0.3) is 11.8 Å². The van der Waals surface area contributed by atoms with Crippen LogP contribution in [0, 0.1) is 0 Å². The lowest BCUT2D eigenvalue weighted by Crippen LogP contribution is -2.41. The minimum atomic E-state index is -1.29. The number of nitrogens with zero attached hydrogens (tertiary/aromatic N) is 1. The molecule has 126 valence electrons. The number of amides is 3. The number of primary amides is 1. The first kappa shape index (κ1) is 18.5. The van der Waals surface area contributed by atoms with Gasteiger partial charge in [-0.25, -0.2) is 9.78 Å². The minimum absolute atomic E-state index is 0.0481. The molecular weight excluding hydrogens is 328 g/mol. The number of hydrogen-bond donors (Lipinski definition) is 4. The molecule has 1 rings (SSSR count). The molecule has 1 atom stereocenters. The van der Waals surface area contributed by atoms with Crippen LogP contribution in [0.5, 0.6) is 0 Å². The molecule has 1 aromatic heterocycles. The van der Waals surface area contributed by atoms with E-state index in [1.807, 2.05) is 0 Å². The average molecular weight is 344 g/mol. The van der Waals surface area contributed by atoms with Gasteiger partial charge < -0.3 is 20.9 Å². The van der Waals surface area contributed by atoms with Crippen molar-refractivity contribution in [2.75, 3.05) is 19.0 Å². The summed E-state index contributed by atoms with van der Waals surface area (Å²) >= 11 is 1.00. The summed E-state index contributed by atoms with van der Waals surface area (Å²) in [6, 6.07) is -1.26. The summed E-state index contributed by atoms with van der Waals surface area (Å²) in [5, 5.41) is 15.2. The highest BCUT2D eigenvalue weighted by molar-refractivity contribution is 7.14. The number of aliphatic carboxylic acids is 1. The predicted octanol–water partition coefficient (Wildman–Crippen LogP) is -0.824. The van der Waals surface area contributed by atoms with Crippen LogP contribution in [0.1, 0.15) is 23.3 Å². The van der Waals surface area contributed by atoms with Crippen molar-refractivity contribution in [3.05, 3.63) is 11.1 Å². The number of nitrogens with two attached hydrogens (primary N) is 1. The molecule has 10 nitrogen and oxygen atoms in total. The van der Waals surface area contributed by atoms with Gasteiger partial charge >= 0.3 is 5.97 Å². The number of carboxylic acid groups (broad SMARTS) is 1. The molecule has 0 saturated heterocycles. The third kappa shape index (κ3) is 6.40. The number of nitrogens with one attached hydrogen (secondary N) is 2. The number of methoxy groups -OCH3 is 1. The predicted molar refractivity (Wildman–Crippen MR) is 79.9 cm³/mol. The van der Waals surface area contributed by atoms with Crippen molar-refractivity contribution in [1.82, 2.24) is 10.3 Å². The molecule has 0 aliphatic heterocycles. The number of aromatic nitrogens is 1. The average Bonchev–Trinajstić information content (AvgIpc) is 2.91. The Morgan fingerprint density at radius 3 is 2.70 bits per heavy atom. The van der Waals surface area contributed by atoms with Crippen LogP contribution in [0.2, 0.25) is 0 Å². The van der Waals surface area contributed by atoms with E-state index < -0.39 is 29.7 Å². The van der Waals surface area contributed by atoms with E-state index >= 15 is 0 Å². The zero-order valence-corrected chi connectivity index (χ0v) is 13.0. The number of ether oxygens (including phenoxy) is 1. The minimum Gasteiger partial charge on any atom is -0.480 e. The summed E-state index contributed by atoms with van der Waals surface area (Å²) in [5.41, 5.74) is 4.90. The number of carbonyl (C=O) groups excluding carboxylic acids is 3. The zero-order valence-electron chi connectivity index (χ0n) is 12.2. The van der Waals surface area contributed by atoms with Crippen LogP contribution in [0.15, 0.2) is 5.38 Å². The largest absolute Gasteiger partial charge is 0.480 e. The van der Waals surface area contributed by atoms with Crippen LogP contribution in [0.25, 0.3) is 0 Å². The molecular formula is C12H16N4O6S. The Morgan fingerprint density at radius 2 is 2.13 bits per heavy atom. The second kappa shape index (κ2) is 8.80. The summed E-state index contributed by atoms with van der Waals surface area (Å²) in [4.78, 5) is 48.9. The molecule has 3 amide bonds. The Kier molecular flexibility index (Phi) is 7.09. The Labute approximate surface area is 135 Å². The normalized spacial score (nSPS) is 11.5. The standard InChI is InChI=1S/C12H16N4O6S/c1-22-4-9(18)16-12-15-7(5-23-12)10(19)14-6(11(20)21)2-3-8(13)17/h5-6H,2-4H2,1H3,(H2,13,17)(H,14,19)(H,20,21)(H,15,16,18). The molecule has 0 saturated carbocycles. The monoisotopic (exact) mass is 344 g/mol. The van der Waals surface area contributed by atoms with Crippen LogP contribution >= 0.6 is 11.3 Å². The number of carbonyl (C=O) groups is 4. The SMILES string of the molecule is COCC(=O)Nc1nc(C(=O)NC(CCC(N)=O)C(=O)O)cs1. The lowest BCUT2D eigenvalue weighted by atomic mass is 10.1. The molecule has 0 fully saturated rings. The van der Waals surface area contributed by atoms with E-state index in [2.05, 4.69) is 20.4 Å². The molecule has 0 aromatic carbocycles. The van der Waals surface area contributed by atoms with E-state index in [9.17, 15) is 19.2 Å². The van der Waals surface area contributed by atoms with Gasteiger partial charge in [-0.3, -0.25) is 19.7 Å². The quantitative estimate of drug-likeness (QED) is 0.455. The number of carboxylic acids is 1. The van der Waals surface area contributed by atoms with E-state index in [1.165, 1.54) is 12.5 Å². The van der Waals surface area contributed by atoms with Crippen molar-refractivity contribution < 1.29 is 29.0 Å². The molecule has 1 unspecified atom stereocenters. The molecule has 0 aliphatic carbocycles. The summed E-state index contributed by atoms with van der Waals surface area (Å²) in [5.74, 6) is -3.12. The number of rotatable bonds is 9. The van der Waals surface area contributed by atoms with Gasteiger partial charge in [0.15, 0.2) is 5.13 Å². The summed E-state index contributed by atoms with van der Waals surface area (Å²) in [6.07, 6.45) is -0.301. The Hall–Kier alpha value is -2.53. The zero-order chi connectivity index (χ0) is 17.4. The van der Waals surface area contributed by atoms with Crippen molar-refractivity contribution >= 4 is 40.2 Å². The topological polar surface area (TPSA) is 161 Å². The Morgan fingerprint density at radius 1 is 1.43 bits per heavy atom. The Bertz CT molecular complexity index is 602. The van der Waals surface area contributed by atoms with Gasteiger partial charge in [0, 0.05) is 18.9 Å². The molecule has 0 radical (unpaired) electrons.